The van der Waals surface area contributed by atoms with Gasteiger partial charge in [-0.2, -0.15) is 0 Å². The summed E-state index contributed by atoms with van der Waals surface area (Å²) < 4.78 is 24.7. The number of hydrogen-bond donors (Lipinski definition) is 1. The van der Waals surface area contributed by atoms with E-state index >= 15 is 0 Å². The lowest BCUT2D eigenvalue weighted by Gasteiger charge is -2.42. The Labute approximate surface area is 124 Å². The summed E-state index contributed by atoms with van der Waals surface area (Å²) in [5.74, 6) is -0.000459. The van der Waals surface area contributed by atoms with Crippen molar-refractivity contribution in [2.24, 2.45) is 0 Å². The van der Waals surface area contributed by atoms with Crippen molar-refractivity contribution in [1.29, 1.82) is 0 Å². The topological polar surface area (TPSA) is 69.7 Å². The van der Waals surface area contributed by atoms with Crippen molar-refractivity contribution >= 4 is 21.6 Å². The molecular weight excluding hydrogens is 290 g/mol. The zero-order chi connectivity index (χ0) is 15.1. The Morgan fingerprint density at radius 3 is 2.33 bits per heavy atom. The van der Waals surface area contributed by atoms with Crippen LogP contribution < -0.4 is 10.2 Å². The Hall–Kier alpha value is -1.60. The first kappa shape index (κ1) is 14.3. The molecule has 114 valence electrons. The number of nitrogens with zero attached hydrogens (tertiary/aromatic N) is 2. The molecule has 2 fully saturated rings. The van der Waals surface area contributed by atoms with E-state index in [-0.39, 0.29) is 5.91 Å². The van der Waals surface area contributed by atoms with Crippen LogP contribution in [0.2, 0.25) is 0 Å². The number of carbonyl (C=O) groups excluding carboxylic acids is 1. The summed E-state index contributed by atoms with van der Waals surface area (Å²) in [4.78, 5) is 14.4. The van der Waals surface area contributed by atoms with Crippen LogP contribution in [0.4, 0.5) is 5.69 Å². The predicted molar refractivity (Wildman–Crippen MR) is 80.3 cm³/mol. The Morgan fingerprint density at radius 1 is 1.14 bits per heavy atom. The number of hydrogen-bond acceptors (Lipinski definition) is 4. The summed E-state index contributed by atoms with van der Waals surface area (Å²) in [7, 11) is -3.19. The van der Waals surface area contributed by atoms with Crippen molar-refractivity contribution in [3.8, 4) is 0 Å². The van der Waals surface area contributed by atoms with Crippen molar-refractivity contribution in [3.63, 3.8) is 0 Å². The van der Waals surface area contributed by atoms with E-state index in [1.165, 1.54) is 10.6 Å². The van der Waals surface area contributed by atoms with E-state index in [1.54, 1.807) is 0 Å². The number of anilines is 1. The largest absolute Gasteiger partial charge is 0.339 e. The van der Waals surface area contributed by atoms with Crippen LogP contribution in [-0.4, -0.2) is 50.2 Å². The van der Waals surface area contributed by atoms with Crippen molar-refractivity contribution < 1.29 is 13.2 Å². The van der Waals surface area contributed by atoms with Crippen molar-refractivity contribution in [2.75, 3.05) is 30.9 Å². The van der Waals surface area contributed by atoms with Gasteiger partial charge < -0.3 is 10.2 Å². The molecule has 2 aliphatic heterocycles. The molecule has 1 spiro atoms. The second-order valence-corrected chi connectivity index (χ2v) is 7.60. The predicted octanol–water partition coefficient (Wildman–Crippen LogP) is 0.375. The molecule has 0 radical (unpaired) electrons. The molecule has 0 aliphatic carbocycles. The van der Waals surface area contributed by atoms with E-state index in [4.69, 9.17) is 0 Å². The number of para-hydroxylation sites is 1. The molecule has 2 heterocycles. The van der Waals surface area contributed by atoms with E-state index < -0.39 is 15.6 Å². The highest BCUT2D eigenvalue weighted by Gasteiger charge is 2.51. The summed E-state index contributed by atoms with van der Waals surface area (Å²) in [6.45, 7) is 1.24. The van der Waals surface area contributed by atoms with Crippen molar-refractivity contribution in [3.05, 3.63) is 30.3 Å². The molecule has 2 aliphatic rings. The summed E-state index contributed by atoms with van der Waals surface area (Å²) in [6, 6.07) is 9.78. The van der Waals surface area contributed by atoms with E-state index in [9.17, 15) is 13.2 Å². The Balaban J connectivity index is 1.87. The number of sulfonamides is 1. The van der Waals surface area contributed by atoms with E-state index in [1.807, 2.05) is 30.3 Å². The third-order valence-electron chi connectivity index (χ3n) is 4.42. The fraction of sp³-hybridized carbons (Fsp3) is 0.500. The molecule has 2 saturated heterocycles. The van der Waals surface area contributed by atoms with E-state index in [2.05, 4.69) is 10.2 Å². The summed E-state index contributed by atoms with van der Waals surface area (Å²) >= 11 is 0. The zero-order valence-corrected chi connectivity index (χ0v) is 12.8. The normalized spacial score (nSPS) is 22.5. The number of carbonyl (C=O) groups is 1. The Bertz CT molecular complexity index is 637. The molecule has 1 aromatic carbocycles. The molecule has 0 bridgehead atoms. The molecule has 1 amide bonds. The maximum Gasteiger partial charge on any atom is 0.247 e. The third-order valence-corrected chi connectivity index (χ3v) is 5.73. The van der Waals surface area contributed by atoms with Gasteiger partial charge in [0.15, 0.2) is 0 Å². The molecule has 1 aromatic rings. The smallest absolute Gasteiger partial charge is 0.247 e. The van der Waals surface area contributed by atoms with Gasteiger partial charge in [-0.25, -0.2) is 12.7 Å². The maximum absolute atomic E-state index is 12.4. The van der Waals surface area contributed by atoms with Gasteiger partial charge in [0.05, 0.1) is 12.9 Å². The first-order valence-electron chi connectivity index (χ1n) is 7.00. The second kappa shape index (κ2) is 4.99. The highest BCUT2D eigenvalue weighted by molar-refractivity contribution is 7.88. The van der Waals surface area contributed by atoms with Gasteiger partial charge in [0, 0.05) is 18.8 Å². The highest BCUT2D eigenvalue weighted by Crippen LogP contribution is 2.36. The fourth-order valence-electron chi connectivity index (χ4n) is 3.22. The van der Waals surface area contributed by atoms with Crippen LogP contribution in [0.15, 0.2) is 30.3 Å². The minimum atomic E-state index is -3.19. The molecule has 0 atom stereocenters. The van der Waals surface area contributed by atoms with Crippen LogP contribution in [-0.2, 0) is 14.8 Å². The molecule has 3 rings (SSSR count). The lowest BCUT2D eigenvalue weighted by molar-refractivity contribution is -0.124. The van der Waals surface area contributed by atoms with E-state index in [0.717, 1.165) is 5.69 Å². The number of benzene rings is 1. The van der Waals surface area contributed by atoms with Gasteiger partial charge >= 0.3 is 0 Å². The third kappa shape index (κ3) is 2.40. The van der Waals surface area contributed by atoms with Gasteiger partial charge in [-0.3, -0.25) is 4.79 Å². The maximum atomic E-state index is 12.4. The zero-order valence-electron chi connectivity index (χ0n) is 11.9. The summed E-state index contributed by atoms with van der Waals surface area (Å²) in [6.07, 6.45) is 2.25. The molecule has 7 heteroatoms. The average Bonchev–Trinajstić information content (AvgIpc) is 2.77. The van der Waals surface area contributed by atoms with Gasteiger partial charge in [-0.05, 0) is 25.0 Å². The molecule has 0 aromatic heterocycles. The number of rotatable bonds is 2. The monoisotopic (exact) mass is 309 g/mol. The molecule has 0 saturated carbocycles. The Morgan fingerprint density at radius 2 is 1.76 bits per heavy atom. The molecule has 1 N–H and O–H groups in total. The van der Waals surface area contributed by atoms with Crippen LogP contribution in [0.3, 0.4) is 0 Å². The molecule has 6 nitrogen and oxygen atoms in total. The molecule has 21 heavy (non-hydrogen) atoms. The van der Waals surface area contributed by atoms with Crippen LogP contribution in [0.5, 0.6) is 0 Å². The van der Waals surface area contributed by atoms with Gasteiger partial charge in [-0.1, -0.05) is 18.2 Å². The van der Waals surface area contributed by atoms with Crippen LogP contribution >= 0.6 is 0 Å². The van der Waals surface area contributed by atoms with Crippen LogP contribution in [0, 0.1) is 0 Å². The van der Waals surface area contributed by atoms with Crippen LogP contribution in [0.25, 0.3) is 0 Å². The quantitative estimate of drug-likeness (QED) is 0.857. The van der Waals surface area contributed by atoms with Crippen molar-refractivity contribution in [2.45, 2.75) is 18.4 Å². The lowest BCUT2D eigenvalue weighted by Crippen LogP contribution is -2.57. The average molecular weight is 309 g/mol. The first-order valence-corrected chi connectivity index (χ1v) is 8.84. The highest BCUT2D eigenvalue weighted by atomic mass is 32.2. The van der Waals surface area contributed by atoms with Gasteiger partial charge in [-0.15, -0.1) is 0 Å². The molecular formula is C14H19N3O3S. The van der Waals surface area contributed by atoms with Gasteiger partial charge in [0.1, 0.15) is 5.54 Å². The minimum absolute atomic E-state index is 0.000459. The van der Waals surface area contributed by atoms with Crippen LogP contribution in [0.1, 0.15) is 12.8 Å². The number of nitrogens with one attached hydrogen (secondary N) is 1. The second-order valence-electron chi connectivity index (χ2n) is 5.62. The standard InChI is InChI=1S/C14H19N3O3S/c1-21(19,20)16-9-7-14(8-10-16)13(18)15-11-17(14)12-5-3-2-4-6-12/h2-6H,7-11H2,1H3,(H,15,18). The number of amides is 1. The molecule has 0 unspecified atom stereocenters. The Kier molecular flexibility index (Phi) is 3.41. The van der Waals surface area contributed by atoms with Gasteiger partial charge in [0.2, 0.25) is 15.9 Å². The summed E-state index contributed by atoms with van der Waals surface area (Å²) in [5.41, 5.74) is 0.367. The minimum Gasteiger partial charge on any atom is -0.339 e. The summed E-state index contributed by atoms with van der Waals surface area (Å²) in [5, 5.41) is 2.90. The lowest BCUT2D eigenvalue weighted by atomic mass is 9.86. The fourth-order valence-corrected chi connectivity index (χ4v) is 4.07. The number of piperidine rings is 1. The van der Waals surface area contributed by atoms with E-state index in [0.29, 0.717) is 32.6 Å². The van der Waals surface area contributed by atoms with Crippen molar-refractivity contribution in [1.82, 2.24) is 9.62 Å². The first-order chi connectivity index (χ1) is 9.93. The van der Waals surface area contributed by atoms with Gasteiger partial charge in [0.25, 0.3) is 0 Å². The SMILES string of the molecule is CS(=O)(=O)N1CCC2(CC1)C(=O)NCN2c1ccccc1.